The summed E-state index contributed by atoms with van der Waals surface area (Å²) >= 11 is 0. The van der Waals surface area contributed by atoms with Crippen LogP contribution in [0.15, 0.2) is 30.3 Å². The number of hydrogen-bond acceptors (Lipinski definition) is 3. The van der Waals surface area contributed by atoms with Gasteiger partial charge < -0.3 is 9.88 Å². The highest BCUT2D eigenvalue weighted by Gasteiger charge is 2.27. The molecule has 0 aliphatic carbocycles. The monoisotopic (exact) mass is 337 g/mol. The number of para-hydroxylation sites is 2. The fraction of sp³-hybridized carbons (Fsp3) is 0.421. The second kappa shape index (κ2) is 6.35. The van der Waals surface area contributed by atoms with Crippen LogP contribution in [0.4, 0.5) is 0 Å². The molecule has 1 aliphatic heterocycles. The highest BCUT2D eigenvalue weighted by atomic mass is 16.2. The van der Waals surface area contributed by atoms with Gasteiger partial charge in [0.25, 0.3) is 0 Å². The van der Waals surface area contributed by atoms with Gasteiger partial charge in [-0.3, -0.25) is 9.48 Å². The van der Waals surface area contributed by atoms with Crippen molar-refractivity contribution in [2.45, 2.75) is 39.2 Å². The molecule has 0 saturated carbocycles. The summed E-state index contributed by atoms with van der Waals surface area (Å²) in [5.41, 5.74) is 4.02. The Kier molecular flexibility index (Phi) is 4.03. The Morgan fingerprint density at radius 3 is 2.92 bits per heavy atom. The molecule has 4 rings (SSSR count). The van der Waals surface area contributed by atoms with Crippen LogP contribution in [0, 0.1) is 13.8 Å². The number of carbonyl (C=O) groups excluding carboxylic acids is 1. The molecule has 1 amide bonds. The van der Waals surface area contributed by atoms with Crippen LogP contribution in [0.3, 0.4) is 0 Å². The fourth-order valence-electron chi connectivity index (χ4n) is 3.66. The molecule has 1 unspecified atom stereocenters. The molecule has 3 aromatic rings. The van der Waals surface area contributed by atoms with E-state index in [1.165, 1.54) is 0 Å². The molecular formula is C19H23N5O. The van der Waals surface area contributed by atoms with Crippen molar-refractivity contribution in [3.05, 3.63) is 47.5 Å². The smallest absolute Gasteiger partial charge is 0.244 e. The number of amides is 1. The second-order valence-electron chi connectivity index (χ2n) is 6.90. The first-order valence-corrected chi connectivity index (χ1v) is 8.83. The van der Waals surface area contributed by atoms with Crippen molar-refractivity contribution in [2.75, 3.05) is 13.1 Å². The summed E-state index contributed by atoms with van der Waals surface area (Å²) in [5.74, 6) is 1.39. The molecule has 6 nitrogen and oxygen atoms in total. The average molecular weight is 337 g/mol. The largest absolute Gasteiger partial charge is 0.342 e. The van der Waals surface area contributed by atoms with Crippen molar-refractivity contribution in [1.82, 2.24) is 24.6 Å². The van der Waals surface area contributed by atoms with E-state index in [0.717, 1.165) is 54.2 Å². The molecule has 2 aromatic heterocycles. The first-order valence-electron chi connectivity index (χ1n) is 8.83. The van der Waals surface area contributed by atoms with Crippen LogP contribution in [0.2, 0.25) is 0 Å². The zero-order valence-corrected chi connectivity index (χ0v) is 14.7. The number of nitrogens with zero attached hydrogens (tertiary/aromatic N) is 4. The average Bonchev–Trinajstić information content (AvgIpc) is 3.18. The van der Waals surface area contributed by atoms with Gasteiger partial charge in [-0.15, -0.1) is 0 Å². The molecule has 130 valence electrons. The number of fused-ring (bicyclic) bond motifs is 1. The van der Waals surface area contributed by atoms with Gasteiger partial charge in [-0.1, -0.05) is 12.1 Å². The van der Waals surface area contributed by atoms with E-state index in [-0.39, 0.29) is 11.8 Å². The van der Waals surface area contributed by atoms with Gasteiger partial charge in [0.15, 0.2) is 0 Å². The maximum atomic E-state index is 12.7. The molecule has 0 spiro atoms. The Bertz CT molecular complexity index is 877. The summed E-state index contributed by atoms with van der Waals surface area (Å²) in [4.78, 5) is 22.8. The minimum absolute atomic E-state index is 0.131. The van der Waals surface area contributed by atoms with Crippen LogP contribution in [-0.2, 0) is 11.3 Å². The molecule has 0 bridgehead atoms. The van der Waals surface area contributed by atoms with Gasteiger partial charge in [0.2, 0.25) is 5.91 Å². The van der Waals surface area contributed by atoms with Crippen molar-refractivity contribution in [1.29, 1.82) is 0 Å². The standard InChI is InChI=1S/C19H23N5O/c1-13-10-14(2)24(22-13)12-18(25)23-9-5-6-15(11-23)19-20-16-7-3-4-8-17(16)21-19/h3-4,7-8,10,15H,5-6,9,11-12H2,1-2H3,(H,20,21). The number of H-pyrrole nitrogens is 1. The Morgan fingerprint density at radius 2 is 2.16 bits per heavy atom. The second-order valence-corrected chi connectivity index (χ2v) is 6.90. The highest BCUT2D eigenvalue weighted by Crippen LogP contribution is 2.27. The van der Waals surface area contributed by atoms with Crippen LogP contribution < -0.4 is 0 Å². The number of rotatable bonds is 3. The molecule has 1 N–H and O–H groups in total. The summed E-state index contributed by atoms with van der Waals surface area (Å²) in [6, 6.07) is 10.1. The topological polar surface area (TPSA) is 66.8 Å². The van der Waals surface area contributed by atoms with Crippen molar-refractivity contribution >= 4 is 16.9 Å². The normalized spacial score (nSPS) is 18.0. The van der Waals surface area contributed by atoms with Crippen LogP contribution in [0.1, 0.15) is 36.0 Å². The van der Waals surface area contributed by atoms with E-state index in [1.54, 1.807) is 4.68 Å². The molecule has 25 heavy (non-hydrogen) atoms. The summed E-state index contributed by atoms with van der Waals surface area (Å²) < 4.78 is 1.79. The van der Waals surface area contributed by atoms with Crippen LogP contribution in [0.25, 0.3) is 11.0 Å². The van der Waals surface area contributed by atoms with E-state index in [9.17, 15) is 4.79 Å². The summed E-state index contributed by atoms with van der Waals surface area (Å²) in [6.45, 7) is 5.78. The third-order valence-electron chi connectivity index (χ3n) is 4.96. The number of nitrogens with one attached hydrogen (secondary N) is 1. The van der Waals surface area contributed by atoms with Gasteiger partial charge >= 0.3 is 0 Å². The Labute approximate surface area is 146 Å². The number of aromatic nitrogens is 4. The Morgan fingerprint density at radius 1 is 1.32 bits per heavy atom. The maximum Gasteiger partial charge on any atom is 0.244 e. The van der Waals surface area contributed by atoms with Gasteiger partial charge in [-0.05, 0) is 44.9 Å². The van der Waals surface area contributed by atoms with Crippen molar-refractivity contribution in [2.24, 2.45) is 0 Å². The summed E-state index contributed by atoms with van der Waals surface area (Å²) in [5, 5.41) is 4.40. The molecule has 0 radical (unpaired) electrons. The number of piperidine rings is 1. The van der Waals surface area contributed by atoms with E-state index in [4.69, 9.17) is 4.98 Å². The Balaban J connectivity index is 1.48. The van der Waals surface area contributed by atoms with E-state index in [2.05, 4.69) is 10.1 Å². The lowest BCUT2D eigenvalue weighted by atomic mass is 9.97. The molecule has 1 aromatic carbocycles. The molecule has 1 aliphatic rings. The van der Waals surface area contributed by atoms with E-state index < -0.39 is 0 Å². The van der Waals surface area contributed by atoms with Crippen molar-refractivity contribution < 1.29 is 4.79 Å². The zero-order valence-electron chi connectivity index (χ0n) is 14.7. The highest BCUT2D eigenvalue weighted by molar-refractivity contribution is 5.76. The summed E-state index contributed by atoms with van der Waals surface area (Å²) in [7, 11) is 0. The van der Waals surface area contributed by atoms with Gasteiger partial charge in [-0.2, -0.15) is 5.10 Å². The van der Waals surface area contributed by atoms with E-state index in [0.29, 0.717) is 6.54 Å². The minimum atomic E-state index is 0.131. The number of aryl methyl sites for hydroxylation is 2. The molecule has 1 atom stereocenters. The lowest BCUT2D eigenvalue weighted by Gasteiger charge is -2.32. The fourth-order valence-corrected chi connectivity index (χ4v) is 3.66. The Hall–Kier alpha value is -2.63. The van der Waals surface area contributed by atoms with E-state index in [1.807, 2.05) is 49.1 Å². The maximum absolute atomic E-state index is 12.7. The first kappa shape index (κ1) is 15.9. The molecule has 6 heteroatoms. The van der Waals surface area contributed by atoms with Gasteiger partial charge in [0, 0.05) is 24.7 Å². The number of aromatic amines is 1. The number of imidazole rings is 1. The van der Waals surface area contributed by atoms with Crippen molar-refractivity contribution in [3.63, 3.8) is 0 Å². The van der Waals surface area contributed by atoms with Gasteiger partial charge in [0.05, 0.1) is 16.7 Å². The number of carbonyl (C=O) groups is 1. The summed E-state index contributed by atoms with van der Waals surface area (Å²) in [6.07, 6.45) is 2.06. The lowest BCUT2D eigenvalue weighted by Crippen LogP contribution is -2.41. The predicted octanol–water partition coefficient (Wildman–Crippen LogP) is 2.78. The van der Waals surface area contributed by atoms with E-state index >= 15 is 0 Å². The third kappa shape index (κ3) is 3.16. The number of likely N-dealkylation sites (tertiary alicyclic amines) is 1. The van der Waals surface area contributed by atoms with Crippen LogP contribution >= 0.6 is 0 Å². The first-order chi connectivity index (χ1) is 12.1. The van der Waals surface area contributed by atoms with Gasteiger partial charge in [-0.25, -0.2) is 4.98 Å². The quantitative estimate of drug-likeness (QED) is 0.799. The molecule has 1 fully saturated rings. The van der Waals surface area contributed by atoms with Crippen LogP contribution in [0.5, 0.6) is 0 Å². The molecular weight excluding hydrogens is 314 g/mol. The van der Waals surface area contributed by atoms with Crippen LogP contribution in [-0.4, -0.2) is 43.6 Å². The zero-order chi connectivity index (χ0) is 17.4. The third-order valence-corrected chi connectivity index (χ3v) is 4.96. The van der Waals surface area contributed by atoms with Crippen molar-refractivity contribution in [3.8, 4) is 0 Å². The predicted molar refractivity (Wildman–Crippen MR) is 96.3 cm³/mol. The molecule has 3 heterocycles. The SMILES string of the molecule is Cc1cc(C)n(CC(=O)N2CCCC(c3nc4ccccc4[nH]3)C2)n1. The lowest BCUT2D eigenvalue weighted by molar-refractivity contribution is -0.133. The number of hydrogen-bond donors (Lipinski definition) is 1. The van der Waals surface area contributed by atoms with Gasteiger partial charge in [0.1, 0.15) is 12.4 Å². The minimum Gasteiger partial charge on any atom is -0.342 e. The number of benzene rings is 1. The molecule has 1 saturated heterocycles.